The number of aromatic hydroxyl groups is 2. The monoisotopic (exact) mass is 748 g/mol. The molecule has 0 amide bonds. The normalized spacial score (nSPS) is 12.4. The van der Waals surface area contributed by atoms with Crippen molar-refractivity contribution in [3.63, 3.8) is 0 Å². The molecule has 4 aromatic rings. The smallest absolute Gasteiger partial charge is 0.296 e. The molecule has 0 aromatic heterocycles. The summed E-state index contributed by atoms with van der Waals surface area (Å²) in [5.41, 5.74) is 2.81. The number of fused-ring (bicyclic) bond motifs is 1. The number of nitrogens with zero attached hydrogens (tertiary/aromatic N) is 5. The largest absolute Gasteiger partial charge is 0.505 e. The summed E-state index contributed by atoms with van der Waals surface area (Å²) in [6.45, 7) is 0. The van der Waals surface area contributed by atoms with E-state index in [9.17, 15) is 46.3 Å². The minimum atomic E-state index is -5.22. The summed E-state index contributed by atoms with van der Waals surface area (Å²) in [5, 5.41) is 71.6. The van der Waals surface area contributed by atoms with E-state index in [2.05, 4.69) is 39.2 Å². The lowest BCUT2D eigenvalue weighted by Gasteiger charge is -2.13. The zero-order chi connectivity index (χ0) is 35.4. The molecule has 0 spiro atoms. The van der Waals surface area contributed by atoms with Crippen LogP contribution in [0, 0.1) is 10.1 Å². The van der Waals surface area contributed by atoms with Crippen LogP contribution in [0.1, 0.15) is 0 Å². The average Bonchev–Trinajstić information content (AvgIpc) is 3.00. The Bertz CT molecular complexity index is 2200. The fraction of sp³-hybridized carbons (Fsp3) is 0. The van der Waals surface area contributed by atoms with Crippen molar-refractivity contribution in [1.29, 1.82) is 0 Å². The van der Waals surface area contributed by atoms with E-state index in [1.54, 1.807) is 0 Å². The molecular weight excluding hydrogens is 733 g/mol. The van der Waals surface area contributed by atoms with E-state index in [4.69, 9.17) is 16.2 Å². The number of nitro benzene ring substituents is 1. The molecule has 8 N–H and O–H groups in total. The SMILES string of the molecule is Nc1ccc(S(=O)(=O)O)c(N=Nc2c(SOOO)cc3cc(S(=O)(=O)O)c(N=Nc4ccc([N+](=O)[O-])cc4SOOO)c(O)c3c2O)c1. The summed E-state index contributed by atoms with van der Waals surface area (Å²) in [6.07, 6.45) is 0. The molecule has 0 atom stereocenters. The van der Waals surface area contributed by atoms with Gasteiger partial charge in [-0.15, -0.1) is 29.1 Å². The van der Waals surface area contributed by atoms with Crippen LogP contribution in [-0.2, 0) is 39.0 Å². The number of azo groups is 2. The molecular formula is C22H16N6O16S4. The Balaban J connectivity index is 1.98. The van der Waals surface area contributed by atoms with Gasteiger partial charge >= 0.3 is 0 Å². The number of non-ortho nitro benzene ring substituents is 1. The summed E-state index contributed by atoms with van der Waals surface area (Å²) in [6, 6.07) is 7.68. The molecule has 0 unspecified atom stereocenters. The van der Waals surface area contributed by atoms with Gasteiger partial charge in [0.1, 0.15) is 32.5 Å². The van der Waals surface area contributed by atoms with E-state index in [0.29, 0.717) is 0 Å². The summed E-state index contributed by atoms with van der Waals surface area (Å²) in [4.78, 5) is 8.05. The Kier molecular flexibility index (Phi) is 11.1. The third kappa shape index (κ3) is 8.10. The summed E-state index contributed by atoms with van der Waals surface area (Å²) in [7, 11) is -10.1. The fourth-order valence-corrected chi connectivity index (χ4v) is 6.05. The zero-order valence-electron chi connectivity index (χ0n) is 22.8. The van der Waals surface area contributed by atoms with Crippen molar-refractivity contribution in [3.05, 3.63) is 58.6 Å². The van der Waals surface area contributed by atoms with Crippen LogP contribution in [0.25, 0.3) is 10.8 Å². The van der Waals surface area contributed by atoms with Gasteiger partial charge in [0.05, 0.1) is 44.2 Å². The van der Waals surface area contributed by atoms with Crippen molar-refractivity contribution in [2.24, 2.45) is 20.5 Å². The molecule has 4 aromatic carbocycles. The van der Waals surface area contributed by atoms with E-state index in [1.165, 1.54) is 0 Å². The lowest BCUT2D eigenvalue weighted by molar-refractivity contribution is -0.432. The lowest BCUT2D eigenvalue weighted by Crippen LogP contribution is -1.99. The molecule has 22 nitrogen and oxygen atoms in total. The predicted octanol–water partition coefficient (Wildman–Crippen LogP) is 5.92. The maximum atomic E-state index is 12.3. The number of hydrogen-bond donors (Lipinski definition) is 7. The van der Waals surface area contributed by atoms with Gasteiger partial charge in [0.15, 0.2) is 11.5 Å². The number of hydrogen-bond acceptors (Lipinski definition) is 21. The molecule has 0 saturated carbocycles. The van der Waals surface area contributed by atoms with Crippen molar-refractivity contribution in [3.8, 4) is 11.5 Å². The molecule has 0 bridgehead atoms. The van der Waals surface area contributed by atoms with Crippen LogP contribution >= 0.6 is 24.1 Å². The fourth-order valence-electron chi connectivity index (χ4n) is 3.82. The van der Waals surface area contributed by atoms with E-state index in [0.717, 1.165) is 48.5 Å². The van der Waals surface area contributed by atoms with Crippen molar-refractivity contribution < 1.29 is 70.3 Å². The van der Waals surface area contributed by atoms with Gasteiger partial charge < -0.3 is 15.9 Å². The first-order valence-corrected chi connectivity index (χ1v) is 16.2. The second-order valence-corrected chi connectivity index (χ2v) is 12.9. The first-order chi connectivity index (χ1) is 22.6. The highest BCUT2D eigenvalue weighted by Crippen LogP contribution is 2.51. The second kappa shape index (κ2) is 14.7. The van der Waals surface area contributed by atoms with Crippen LogP contribution < -0.4 is 5.73 Å². The zero-order valence-corrected chi connectivity index (χ0v) is 26.1. The van der Waals surface area contributed by atoms with Crippen LogP contribution in [0.5, 0.6) is 11.5 Å². The van der Waals surface area contributed by atoms with Gasteiger partial charge in [-0.1, -0.05) is 10.1 Å². The van der Waals surface area contributed by atoms with Crippen molar-refractivity contribution in [1.82, 2.24) is 0 Å². The molecule has 48 heavy (non-hydrogen) atoms. The highest BCUT2D eigenvalue weighted by atomic mass is 32.2. The molecule has 0 aliphatic heterocycles. The number of nitro groups is 1. The molecule has 0 aliphatic rings. The van der Waals surface area contributed by atoms with E-state index in [1.807, 2.05) is 0 Å². The topological polar surface area (TPSA) is 345 Å². The molecule has 0 saturated heterocycles. The minimum absolute atomic E-state index is 0.0129. The molecule has 26 heteroatoms. The summed E-state index contributed by atoms with van der Waals surface area (Å²) in [5.74, 6) is -2.13. The molecule has 0 fully saturated rings. The Hall–Kier alpha value is -4.58. The van der Waals surface area contributed by atoms with Gasteiger partial charge in [-0.3, -0.25) is 19.2 Å². The summed E-state index contributed by atoms with van der Waals surface area (Å²) >= 11 is 0.385. The van der Waals surface area contributed by atoms with Crippen molar-refractivity contribution in [2.75, 3.05) is 5.73 Å². The number of nitrogens with two attached hydrogens (primary N) is 1. The van der Waals surface area contributed by atoms with Gasteiger partial charge in [0, 0.05) is 17.8 Å². The first kappa shape index (κ1) is 36.3. The van der Waals surface area contributed by atoms with Gasteiger partial charge in [0.2, 0.25) is 0 Å². The van der Waals surface area contributed by atoms with Gasteiger partial charge in [-0.2, -0.15) is 16.8 Å². The third-order valence-electron chi connectivity index (χ3n) is 5.77. The average molecular weight is 749 g/mol. The van der Waals surface area contributed by atoms with Crippen LogP contribution in [0.4, 0.5) is 34.1 Å². The third-order valence-corrected chi connectivity index (χ3v) is 8.79. The van der Waals surface area contributed by atoms with Crippen LogP contribution in [0.15, 0.2) is 88.6 Å². The van der Waals surface area contributed by atoms with Crippen LogP contribution in [0.2, 0.25) is 0 Å². The van der Waals surface area contributed by atoms with E-state index in [-0.39, 0.29) is 50.6 Å². The molecule has 0 heterocycles. The molecule has 254 valence electrons. The Morgan fingerprint density at radius 2 is 1.31 bits per heavy atom. The maximum Gasteiger partial charge on any atom is 0.296 e. The number of benzene rings is 4. The lowest BCUT2D eigenvalue weighted by atomic mass is 10.1. The number of phenols is 2. The first-order valence-electron chi connectivity index (χ1n) is 11.9. The highest BCUT2D eigenvalue weighted by molar-refractivity contribution is 7.95. The van der Waals surface area contributed by atoms with E-state index < -0.39 is 74.6 Å². The molecule has 4 rings (SSSR count). The molecule has 0 aliphatic carbocycles. The van der Waals surface area contributed by atoms with Crippen LogP contribution in [-0.4, -0.2) is 51.6 Å². The number of nitrogen functional groups attached to an aromatic ring is 1. The van der Waals surface area contributed by atoms with E-state index >= 15 is 0 Å². The minimum Gasteiger partial charge on any atom is -0.505 e. The van der Waals surface area contributed by atoms with Gasteiger partial charge in [-0.25, -0.2) is 10.5 Å². The van der Waals surface area contributed by atoms with Crippen LogP contribution in [0.3, 0.4) is 0 Å². The number of phenolic OH excluding ortho intramolecular Hbond substituents is 2. The highest BCUT2D eigenvalue weighted by Gasteiger charge is 2.27. The quantitative estimate of drug-likeness (QED) is 0.0158. The Morgan fingerprint density at radius 1 is 0.729 bits per heavy atom. The number of anilines is 1. The second-order valence-electron chi connectivity index (χ2n) is 8.68. The van der Waals surface area contributed by atoms with Gasteiger partial charge in [-0.05, 0) is 41.8 Å². The maximum absolute atomic E-state index is 12.3. The van der Waals surface area contributed by atoms with Crippen molar-refractivity contribution >= 4 is 89.2 Å². The number of rotatable bonds is 13. The molecule has 0 radical (unpaired) electrons. The predicted molar refractivity (Wildman–Crippen MR) is 161 cm³/mol. The Labute approximate surface area is 274 Å². The standard InChI is InChI=1S/C22H16N6O16S4/c23-10-1-4-16(47(35,36)37)13(7-10)25-26-19-15(46-44-42-34)5-9-6-17(48(38,39)40)20(22(30)18(9)21(19)29)27-24-12-3-2-11(28(31)32)8-14(12)45-43-41-33/h1-8,29-30,33-34H,23H2,(H,35,36,37)(H,38,39,40). The Morgan fingerprint density at radius 3 is 1.92 bits per heavy atom. The van der Waals surface area contributed by atoms with Crippen molar-refractivity contribution in [2.45, 2.75) is 19.6 Å². The van der Waals surface area contributed by atoms with Gasteiger partial charge in [0.25, 0.3) is 25.9 Å². The summed E-state index contributed by atoms with van der Waals surface area (Å²) < 4.78 is 76.5.